The maximum atomic E-state index is 11.8. The molecule has 188 valence electrons. The minimum absolute atomic E-state index is 0.00956. The first-order valence-corrected chi connectivity index (χ1v) is 13.0. The lowest BCUT2D eigenvalue weighted by atomic mass is 10.1. The summed E-state index contributed by atoms with van der Waals surface area (Å²) >= 11 is 1.71. The van der Waals surface area contributed by atoms with Crippen LogP contribution in [-0.2, 0) is 6.42 Å². The van der Waals surface area contributed by atoms with Crippen LogP contribution >= 0.6 is 11.3 Å². The summed E-state index contributed by atoms with van der Waals surface area (Å²) < 4.78 is 0. The van der Waals surface area contributed by atoms with E-state index in [1.165, 1.54) is 66.6 Å². The van der Waals surface area contributed by atoms with Gasteiger partial charge in [0.2, 0.25) is 0 Å². The predicted molar refractivity (Wildman–Crippen MR) is 146 cm³/mol. The lowest BCUT2D eigenvalue weighted by Crippen LogP contribution is -2.02. The quantitative estimate of drug-likeness (QED) is 0.208. The van der Waals surface area contributed by atoms with Crippen molar-refractivity contribution in [3.8, 4) is 22.8 Å². The number of hydrogen-bond acceptors (Lipinski definition) is 6. The second kappa shape index (κ2) is 12.2. The zero-order valence-corrected chi connectivity index (χ0v) is 21.2. The molecule has 4 rings (SSSR count). The number of hydrogen-bond donors (Lipinski definition) is 2. The van der Waals surface area contributed by atoms with Crippen LogP contribution in [0.25, 0.3) is 34.9 Å². The second-order valence-electron chi connectivity index (χ2n) is 8.64. The Kier molecular flexibility index (Phi) is 8.53. The second-order valence-corrected chi connectivity index (χ2v) is 9.58. The number of thiophene rings is 1. The highest BCUT2D eigenvalue weighted by Gasteiger charge is 2.14. The average Bonchev–Trinajstić information content (AvgIpc) is 3.37. The lowest BCUT2D eigenvalue weighted by molar-refractivity contribution is 0.0686. The Morgan fingerprint density at radius 3 is 2.19 bits per heavy atom. The van der Waals surface area contributed by atoms with Gasteiger partial charge in [-0.25, -0.2) is 14.6 Å². The number of aromatic carboxylic acids is 2. The first-order chi connectivity index (χ1) is 17.9. The Morgan fingerprint density at radius 1 is 0.811 bits per heavy atom. The zero-order valence-electron chi connectivity index (χ0n) is 20.4. The fourth-order valence-corrected chi connectivity index (χ4v) is 4.70. The number of pyridine rings is 3. The Balaban J connectivity index is 1.59. The molecule has 4 heterocycles. The third-order valence-corrected chi connectivity index (χ3v) is 6.77. The molecule has 0 atom stereocenters. The number of aromatic nitrogens is 3. The van der Waals surface area contributed by atoms with Gasteiger partial charge in [0, 0.05) is 17.3 Å². The number of rotatable bonds is 11. The van der Waals surface area contributed by atoms with Crippen molar-refractivity contribution in [2.75, 3.05) is 0 Å². The number of nitrogens with zero attached hydrogens (tertiary/aromatic N) is 3. The molecule has 0 bridgehead atoms. The molecule has 0 saturated carbocycles. The Morgan fingerprint density at radius 2 is 1.49 bits per heavy atom. The van der Waals surface area contributed by atoms with Crippen LogP contribution < -0.4 is 0 Å². The SMILES string of the molecule is CCCCCCc1csc(/C=C/c2ccnc(-c3cc(C(=O)O)cc(-c4cc(C(=O)O)ccn4)n3)c2)c1. The molecule has 0 aliphatic rings. The summed E-state index contributed by atoms with van der Waals surface area (Å²) in [6.07, 6.45) is 13.2. The Bertz CT molecular complexity index is 1440. The van der Waals surface area contributed by atoms with Gasteiger partial charge in [0.1, 0.15) is 0 Å². The number of carbonyl (C=O) groups is 2. The van der Waals surface area contributed by atoms with E-state index in [4.69, 9.17) is 0 Å². The molecule has 7 nitrogen and oxygen atoms in total. The van der Waals surface area contributed by atoms with Gasteiger partial charge in [-0.15, -0.1) is 11.3 Å². The number of aryl methyl sites for hydroxylation is 1. The van der Waals surface area contributed by atoms with Crippen LogP contribution in [0.3, 0.4) is 0 Å². The molecule has 0 aliphatic heterocycles. The van der Waals surface area contributed by atoms with Crippen LogP contribution in [0, 0.1) is 0 Å². The normalized spacial score (nSPS) is 11.2. The van der Waals surface area contributed by atoms with E-state index in [9.17, 15) is 19.8 Å². The van der Waals surface area contributed by atoms with E-state index < -0.39 is 11.9 Å². The van der Waals surface area contributed by atoms with Gasteiger partial charge in [-0.2, -0.15) is 0 Å². The molecule has 0 spiro atoms. The molecule has 0 saturated heterocycles. The van der Waals surface area contributed by atoms with Crippen molar-refractivity contribution in [1.82, 2.24) is 15.0 Å². The molecule has 8 heteroatoms. The van der Waals surface area contributed by atoms with Crippen molar-refractivity contribution >= 4 is 35.4 Å². The molecule has 0 aliphatic carbocycles. The van der Waals surface area contributed by atoms with E-state index in [2.05, 4.69) is 39.4 Å². The maximum absolute atomic E-state index is 11.8. The van der Waals surface area contributed by atoms with Crippen LogP contribution in [-0.4, -0.2) is 37.1 Å². The van der Waals surface area contributed by atoms with Crippen molar-refractivity contribution in [3.63, 3.8) is 0 Å². The summed E-state index contributed by atoms with van der Waals surface area (Å²) in [7, 11) is 0. The largest absolute Gasteiger partial charge is 0.478 e. The zero-order chi connectivity index (χ0) is 26.2. The highest BCUT2D eigenvalue weighted by Crippen LogP contribution is 2.25. The van der Waals surface area contributed by atoms with Gasteiger partial charge in [-0.1, -0.05) is 32.3 Å². The fraction of sp³-hybridized carbons (Fsp3) is 0.207. The van der Waals surface area contributed by atoms with E-state index >= 15 is 0 Å². The summed E-state index contributed by atoms with van der Waals surface area (Å²) in [4.78, 5) is 37.5. The number of carboxylic acid groups (broad SMARTS) is 2. The van der Waals surface area contributed by atoms with E-state index in [0.29, 0.717) is 11.4 Å². The van der Waals surface area contributed by atoms with Crippen molar-refractivity contribution in [1.29, 1.82) is 0 Å². The fourth-order valence-electron chi connectivity index (χ4n) is 3.86. The van der Waals surface area contributed by atoms with Gasteiger partial charge in [0.15, 0.2) is 0 Å². The highest BCUT2D eigenvalue weighted by molar-refractivity contribution is 7.11. The summed E-state index contributed by atoms with van der Waals surface area (Å²) in [5.74, 6) is -2.23. The minimum atomic E-state index is -1.13. The molecule has 0 radical (unpaired) electrons. The summed E-state index contributed by atoms with van der Waals surface area (Å²) in [6.45, 7) is 2.22. The lowest BCUT2D eigenvalue weighted by Gasteiger charge is -2.08. The molecule has 2 N–H and O–H groups in total. The van der Waals surface area contributed by atoms with Crippen LogP contribution in [0.2, 0.25) is 0 Å². The third-order valence-electron chi connectivity index (χ3n) is 5.82. The predicted octanol–water partition coefficient (Wildman–Crippen LogP) is 6.96. The van der Waals surface area contributed by atoms with Crippen LogP contribution in [0.1, 0.15) is 69.3 Å². The smallest absolute Gasteiger partial charge is 0.335 e. The van der Waals surface area contributed by atoms with Gasteiger partial charge in [0.05, 0.1) is 33.9 Å². The van der Waals surface area contributed by atoms with Crippen molar-refractivity contribution in [2.45, 2.75) is 39.0 Å². The molecule has 0 fully saturated rings. The van der Waals surface area contributed by atoms with E-state index in [0.717, 1.165) is 12.0 Å². The van der Waals surface area contributed by atoms with Gasteiger partial charge >= 0.3 is 11.9 Å². The van der Waals surface area contributed by atoms with Crippen LogP contribution in [0.15, 0.2) is 60.2 Å². The topological polar surface area (TPSA) is 113 Å². The number of carboxylic acids is 2. The Hall–Kier alpha value is -4.17. The van der Waals surface area contributed by atoms with Gasteiger partial charge < -0.3 is 10.2 Å². The van der Waals surface area contributed by atoms with Gasteiger partial charge in [0.25, 0.3) is 0 Å². The summed E-state index contributed by atoms with van der Waals surface area (Å²) in [5, 5.41) is 21.1. The van der Waals surface area contributed by atoms with Crippen LogP contribution in [0.5, 0.6) is 0 Å². The maximum Gasteiger partial charge on any atom is 0.335 e. The van der Waals surface area contributed by atoms with Gasteiger partial charge in [-0.3, -0.25) is 9.97 Å². The first-order valence-electron chi connectivity index (χ1n) is 12.1. The monoisotopic (exact) mass is 513 g/mol. The Labute approximate surface area is 219 Å². The molecule has 0 amide bonds. The molecule has 4 aromatic rings. The molecule has 0 aromatic carbocycles. The molecular formula is C29H27N3O4S. The first kappa shape index (κ1) is 25.9. The summed E-state index contributed by atoms with van der Waals surface area (Å²) in [6, 6.07) is 11.5. The van der Waals surface area contributed by atoms with Crippen molar-refractivity contribution in [3.05, 3.63) is 87.4 Å². The third kappa shape index (κ3) is 6.95. The van der Waals surface area contributed by atoms with E-state index in [1.54, 1.807) is 17.5 Å². The van der Waals surface area contributed by atoms with Gasteiger partial charge in [-0.05, 0) is 77.9 Å². The summed E-state index contributed by atoms with van der Waals surface area (Å²) in [5.41, 5.74) is 3.69. The van der Waals surface area contributed by atoms with E-state index in [-0.39, 0.29) is 22.5 Å². The van der Waals surface area contributed by atoms with Crippen molar-refractivity contribution in [2.24, 2.45) is 0 Å². The molecule has 0 unspecified atom stereocenters. The number of unbranched alkanes of at least 4 members (excludes halogenated alkanes) is 3. The van der Waals surface area contributed by atoms with Crippen molar-refractivity contribution < 1.29 is 19.8 Å². The molecule has 37 heavy (non-hydrogen) atoms. The highest BCUT2D eigenvalue weighted by atomic mass is 32.1. The average molecular weight is 514 g/mol. The van der Waals surface area contributed by atoms with E-state index in [1.807, 2.05) is 18.2 Å². The van der Waals surface area contributed by atoms with Crippen LogP contribution in [0.4, 0.5) is 0 Å². The standard InChI is InChI=1S/C29H27N3O4S/c1-2-3-4-5-6-20-13-23(37-18-20)8-7-19-9-11-30-24(14-19)26-16-22(29(35)36)17-27(32-26)25-15-21(28(33)34)10-12-31-25/h7-18H,2-6H2,1H3,(H,33,34)(H,35,36)/b8-7+. The minimum Gasteiger partial charge on any atom is -0.478 e. The molecular weight excluding hydrogens is 486 g/mol. The molecule has 4 aromatic heterocycles.